The third-order valence-corrected chi connectivity index (χ3v) is 4.44. The molecule has 2 fully saturated rings. The predicted molar refractivity (Wildman–Crippen MR) is 110 cm³/mol. The molecular weight excluding hydrogens is 413 g/mol. The van der Waals surface area contributed by atoms with Gasteiger partial charge in [-0.3, -0.25) is 0 Å². The highest BCUT2D eigenvalue weighted by atomic mass is 127. The summed E-state index contributed by atoms with van der Waals surface area (Å²) in [5.74, 6) is 3.61. The summed E-state index contributed by atoms with van der Waals surface area (Å²) in [6, 6.07) is 8.26. The summed E-state index contributed by atoms with van der Waals surface area (Å²) in [5, 5.41) is 6.76. The summed E-state index contributed by atoms with van der Waals surface area (Å²) in [4.78, 5) is 4.72. The molecule has 1 aromatic rings. The molecule has 2 aliphatic rings. The van der Waals surface area contributed by atoms with Gasteiger partial charge in [0, 0.05) is 18.7 Å². The van der Waals surface area contributed by atoms with E-state index in [0.717, 1.165) is 48.8 Å². The Kier molecular flexibility index (Phi) is 8.15. The molecule has 3 rings (SSSR count). The fourth-order valence-electron chi connectivity index (χ4n) is 2.57. The van der Waals surface area contributed by atoms with Gasteiger partial charge in [-0.1, -0.05) is 31.0 Å². The number of hydrogen-bond acceptors (Lipinski definition) is 2. The highest BCUT2D eigenvalue weighted by Gasteiger charge is 2.22. The lowest BCUT2D eigenvalue weighted by atomic mass is 10.2. The van der Waals surface area contributed by atoms with Crippen LogP contribution in [0.15, 0.2) is 29.3 Å². The molecule has 0 amide bonds. The van der Waals surface area contributed by atoms with Crippen LogP contribution in [-0.2, 0) is 6.54 Å². The first kappa shape index (κ1) is 19.3. The van der Waals surface area contributed by atoms with Crippen LogP contribution in [0.2, 0.25) is 0 Å². The number of benzene rings is 1. The zero-order chi connectivity index (χ0) is 15.9. The van der Waals surface area contributed by atoms with E-state index in [1.807, 2.05) is 6.07 Å². The number of halogens is 1. The van der Waals surface area contributed by atoms with E-state index >= 15 is 0 Å². The van der Waals surface area contributed by atoms with Gasteiger partial charge >= 0.3 is 0 Å². The number of guanidine groups is 1. The molecule has 0 saturated heterocycles. The van der Waals surface area contributed by atoms with Crippen molar-refractivity contribution in [2.45, 2.75) is 45.6 Å². The molecule has 2 N–H and O–H groups in total. The Morgan fingerprint density at radius 2 is 1.88 bits per heavy atom. The lowest BCUT2D eigenvalue weighted by Gasteiger charge is -2.13. The van der Waals surface area contributed by atoms with Gasteiger partial charge in [0.2, 0.25) is 0 Å². The second kappa shape index (κ2) is 10.1. The Balaban J connectivity index is 0.00000208. The number of para-hydroxylation sites is 1. The van der Waals surface area contributed by atoms with Crippen LogP contribution in [-0.4, -0.2) is 25.7 Å². The van der Waals surface area contributed by atoms with Crippen molar-refractivity contribution in [3.8, 4) is 5.75 Å². The minimum Gasteiger partial charge on any atom is -0.493 e. The Labute approximate surface area is 162 Å². The van der Waals surface area contributed by atoms with Crippen LogP contribution in [0.1, 0.15) is 44.6 Å². The van der Waals surface area contributed by atoms with Crippen LogP contribution in [0, 0.1) is 11.8 Å². The smallest absolute Gasteiger partial charge is 0.191 e. The molecule has 0 spiro atoms. The third kappa shape index (κ3) is 6.87. The molecule has 0 heterocycles. The maximum absolute atomic E-state index is 5.96. The first-order chi connectivity index (χ1) is 11.3. The van der Waals surface area contributed by atoms with Crippen molar-refractivity contribution in [3.05, 3.63) is 29.8 Å². The minimum absolute atomic E-state index is 0. The van der Waals surface area contributed by atoms with Gasteiger partial charge in [-0.15, -0.1) is 24.0 Å². The summed E-state index contributed by atoms with van der Waals surface area (Å²) in [6.45, 7) is 5.50. The van der Waals surface area contributed by atoms with Gasteiger partial charge in [-0.05, 0) is 44.1 Å². The van der Waals surface area contributed by atoms with E-state index in [4.69, 9.17) is 9.73 Å². The molecule has 134 valence electrons. The van der Waals surface area contributed by atoms with Crippen LogP contribution in [0.4, 0.5) is 0 Å². The van der Waals surface area contributed by atoms with Gasteiger partial charge in [0.05, 0.1) is 13.2 Å². The molecule has 5 heteroatoms. The summed E-state index contributed by atoms with van der Waals surface area (Å²) >= 11 is 0. The second-order valence-corrected chi connectivity index (χ2v) is 6.72. The molecule has 0 unspecified atom stereocenters. The standard InChI is InChI=1S/C19H29N3O.HI/c1-2-20-19(21-12-11-15-7-8-15)22-13-17-5-3-4-6-18(17)23-14-16-9-10-16;/h3-6,15-16H,2,7-14H2,1H3,(H2,20,21,22);1H. The maximum Gasteiger partial charge on any atom is 0.191 e. The minimum atomic E-state index is 0. The van der Waals surface area contributed by atoms with Crippen LogP contribution in [0.3, 0.4) is 0 Å². The number of hydrogen-bond donors (Lipinski definition) is 2. The topological polar surface area (TPSA) is 45.7 Å². The average Bonchev–Trinajstić information content (AvgIpc) is 3.46. The molecule has 24 heavy (non-hydrogen) atoms. The molecule has 1 aromatic carbocycles. The highest BCUT2D eigenvalue weighted by Crippen LogP contribution is 2.32. The van der Waals surface area contributed by atoms with Crippen molar-refractivity contribution in [3.63, 3.8) is 0 Å². The van der Waals surface area contributed by atoms with Crippen molar-refractivity contribution < 1.29 is 4.74 Å². The Morgan fingerprint density at radius 3 is 2.58 bits per heavy atom. The van der Waals surface area contributed by atoms with E-state index < -0.39 is 0 Å². The van der Waals surface area contributed by atoms with E-state index in [9.17, 15) is 0 Å². The van der Waals surface area contributed by atoms with Crippen LogP contribution in [0.5, 0.6) is 5.75 Å². The van der Waals surface area contributed by atoms with Gasteiger partial charge in [0.1, 0.15) is 5.75 Å². The zero-order valence-corrected chi connectivity index (χ0v) is 16.9. The maximum atomic E-state index is 5.96. The molecule has 0 radical (unpaired) electrons. The highest BCUT2D eigenvalue weighted by molar-refractivity contribution is 14.0. The second-order valence-electron chi connectivity index (χ2n) is 6.72. The Bertz CT molecular complexity index is 527. The summed E-state index contributed by atoms with van der Waals surface area (Å²) in [6.07, 6.45) is 6.69. The summed E-state index contributed by atoms with van der Waals surface area (Å²) < 4.78 is 5.96. The van der Waals surface area contributed by atoms with Gasteiger partial charge in [-0.2, -0.15) is 0 Å². The lowest BCUT2D eigenvalue weighted by molar-refractivity contribution is 0.297. The zero-order valence-electron chi connectivity index (χ0n) is 14.6. The number of nitrogens with one attached hydrogen (secondary N) is 2. The largest absolute Gasteiger partial charge is 0.493 e. The summed E-state index contributed by atoms with van der Waals surface area (Å²) in [7, 11) is 0. The Hall–Kier alpha value is -0.980. The van der Waals surface area contributed by atoms with E-state index in [2.05, 4.69) is 35.8 Å². The number of aliphatic imine (C=N–C) groups is 1. The molecule has 2 saturated carbocycles. The SMILES string of the molecule is CCNC(=NCc1ccccc1OCC1CC1)NCCC1CC1.I. The van der Waals surface area contributed by atoms with Crippen molar-refractivity contribution in [1.82, 2.24) is 10.6 Å². The number of nitrogens with zero attached hydrogens (tertiary/aromatic N) is 1. The molecule has 0 atom stereocenters. The molecule has 4 nitrogen and oxygen atoms in total. The number of ether oxygens (including phenoxy) is 1. The number of rotatable bonds is 9. The van der Waals surface area contributed by atoms with Crippen molar-refractivity contribution in [1.29, 1.82) is 0 Å². The van der Waals surface area contributed by atoms with Gasteiger partial charge in [0.15, 0.2) is 5.96 Å². The first-order valence-electron chi connectivity index (χ1n) is 9.08. The molecule has 0 aliphatic heterocycles. The van der Waals surface area contributed by atoms with Crippen LogP contribution in [0.25, 0.3) is 0 Å². The molecule has 0 aromatic heterocycles. The normalized spacial score (nSPS) is 17.1. The Morgan fingerprint density at radius 1 is 1.12 bits per heavy atom. The van der Waals surface area contributed by atoms with E-state index in [1.54, 1.807) is 0 Å². The van der Waals surface area contributed by atoms with Crippen molar-refractivity contribution >= 4 is 29.9 Å². The van der Waals surface area contributed by atoms with Gasteiger partial charge in [-0.25, -0.2) is 4.99 Å². The van der Waals surface area contributed by atoms with Crippen molar-refractivity contribution in [2.75, 3.05) is 19.7 Å². The monoisotopic (exact) mass is 443 g/mol. The summed E-state index contributed by atoms with van der Waals surface area (Å²) in [5.41, 5.74) is 1.16. The predicted octanol–water partition coefficient (Wildman–Crippen LogP) is 3.95. The van der Waals surface area contributed by atoms with Gasteiger partial charge in [0.25, 0.3) is 0 Å². The third-order valence-electron chi connectivity index (χ3n) is 4.44. The van der Waals surface area contributed by atoms with Crippen LogP contribution < -0.4 is 15.4 Å². The van der Waals surface area contributed by atoms with Crippen molar-refractivity contribution in [2.24, 2.45) is 16.8 Å². The first-order valence-corrected chi connectivity index (χ1v) is 9.08. The lowest BCUT2D eigenvalue weighted by Crippen LogP contribution is -2.37. The molecule has 2 aliphatic carbocycles. The average molecular weight is 443 g/mol. The quantitative estimate of drug-likeness (QED) is 0.345. The fraction of sp³-hybridized carbons (Fsp3) is 0.632. The van der Waals surface area contributed by atoms with E-state index in [1.165, 1.54) is 32.1 Å². The van der Waals surface area contributed by atoms with Gasteiger partial charge < -0.3 is 15.4 Å². The van der Waals surface area contributed by atoms with E-state index in [0.29, 0.717) is 6.54 Å². The molecular formula is C19H30IN3O. The molecule has 0 bridgehead atoms. The fourth-order valence-corrected chi connectivity index (χ4v) is 2.57. The van der Waals surface area contributed by atoms with Crippen LogP contribution >= 0.6 is 24.0 Å². The van der Waals surface area contributed by atoms with E-state index in [-0.39, 0.29) is 24.0 Å².